The summed E-state index contributed by atoms with van der Waals surface area (Å²) in [5.74, 6) is -1.68. The number of ether oxygens (including phenoxy) is 2. The quantitative estimate of drug-likeness (QED) is 0.697. The number of fused-ring (bicyclic) bond motifs is 3. The van der Waals surface area contributed by atoms with E-state index in [-0.39, 0.29) is 0 Å². The fourth-order valence-electron chi connectivity index (χ4n) is 2.28. The van der Waals surface area contributed by atoms with Gasteiger partial charge in [0.25, 0.3) is 0 Å². The van der Waals surface area contributed by atoms with Gasteiger partial charge in [0.05, 0.1) is 11.1 Å². The van der Waals surface area contributed by atoms with Gasteiger partial charge in [-0.15, -0.1) is 0 Å². The molecule has 5 heteroatoms. The van der Waals surface area contributed by atoms with Crippen molar-refractivity contribution < 1.29 is 23.9 Å². The zero-order valence-electron chi connectivity index (χ0n) is 11.6. The van der Waals surface area contributed by atoms with Gasteiger partial charge in [0.1, 0.15) is 0 Å². The molecule has 22 heavy (non-hydrogen) atoms. The highest BCUT2D eigenvalue weighted by atomic mass is 16.6. The van der Waals surface area contributed by atoms with Gasteiger partial charge >= 0.3 is 11.9 Å². The Bertz CT molecular complexity index is 700. The lowest BCUT2D eigenvalue weighted by molar-refractivity contribution is -0.125. The van der Waals surface area contributed by atoms with Gasteiger partial charge in [-0.2, -0.15) is 0 Å². The van der Waals surface area contributed by atoms with Crippen LogP contribution < -0.4 is 0 Å². The van der Waals surface area contributed by atoms with E-state index in [4.69, 9.17) is 9.47 Å². The molecule has 0 unspecified atom stereocenters. The van der Waals surface area contributed by atoms with Crippen molar-refractivity contribution in [1.29, 1.82) is 0 Å². The smallest absolute Gasteiger partial charge is 0.339 e. The molecule has 1 heterocycles. The van der Waals surface area contributed by atoms with Gasteiger partial charge in [0, 0.05) is 0 Å². The first kappa shape index (κ1) is 14.0. The Morgan fingerprint density at radius 1 is 0.591 bits per heavy atom. The molecule has 0 fully saturated rings. The van der Waals surface area contributed by atoms with Crippen LogP contribution in [-0.4, -0.2) is 30.9 Å². The number of carbonyl (C=O) groups is 3. The Hall–Kier alpha value is -2.95. The topological polar surface area (TPSA) is 69.7 Å². The van der Waals surface area contributed by atoms with Gasteiger partial charge in [-0.3, -0.25) is 4.79 Å². The molecule has 2 aromatic rings. The third kappa shape index (κ3) is 2.61. The van der Waals surface area contributed by atoms with Gasteiger partial charge < -0.3 is 9.47 Å². The molecule has 0 atom stereocenters. The number of rotatable bonds is 0. The maximum absolute atomic E-state index is 12.2. The highest BCUT2D eigenvalue weighted by molar-refractivity contribution is 6.04. The average molecular weight is 296 g/mol. The van der Waals surface area contributed by atoms with Crippen molar-refractivity contribution in [1.82, 2.24) is 0 Å². The number of cyclic esters (lactones) is 2. The van der Waals surface area contributed by atoms with E-state index < -0.39 is 30.9 Å². The predicted molar refractivity (Wildman–Crippen MR) is 77.5 cm³/mol. The standard InChI is InChI=1S/C17H12O5/c18-11-9-21-16(19)14-7-3-1-5-12(14)13-6-2-4-8-15(13)17(20)22-10-11/h1-8H,9-10H2. The lowest BCUT2D eigenvalue weighted by atomic mass is 9.95. The first-order chi connectivity index (χ1) is 10.7. The van der Waals surface area contributed by atoms with E-state index in [1.54, 1.807) is 48.5 Å². The van der Waals surface area contributed by atoms with Gasteiger partial charge in [-0.1, -0.05) is 36.4 Å². The lowest BCUT2D eigenvalue weighted by Gasteiger charge is -2.11. The van der Waals surface area contributed by atoms with Gasteiger partial charge in [0.15, 0.2) is 13.2 Å². The van der Waals surface area contributed by atoms with Crippen molar-refractivity contribution in [3.05, 3.63) is 59.7 Å². The number of benzene rings is 2. The van der Waals surface area contributed by atoms with E-state index in [2.05, 4.69) is 0 Å². The van der Waals surface area contributed by atoms with Crippen LogP contribution in [0.4, 0.5) is 0 Å². The van der Waals surface area contributed by atoms with Gasteiger partial charge in [0.2, 0.25) is 5.78 Å². The molecule has 2 aromatic carbocycles. The molecule has 0 aromatic heterocycles. The summed E-state index contributed by atoms with van der Waals surface area (Å²) in [5, 5.41) is 0. The van der Waals surface area contributed by atoms with E-state index in [0.717, 1.165) is 0 Å². The van der Waals surface area contributed by atoms with Crippen LogP contribution in [-0.2, 0) is 14.3 Å². The minimum atomic E-state index is -0.604. The number of esters is 2. The largest absolute Gasteiger partial charge is 0.454 e. The minimum Gasteiger partial charge on any atom is -0.454 e. The third-order valence-corrected chi connectivity index (χ3v) is 3.31. The first-order valence-corrected chi connectivity index (χ1v) is 6.71. The van der Waals surface area contributed by atoms with Gasteiger partial charge in [-0.05, 0) is 23.3 Å². The highest BCUT2D eigenvalue weighted by Crippen LogP contribution is 2.28. The van der Waals surface area contributed by atoms with E-state index in [1.807, 2.05) is 0 Å². The summed E-state index contributed by atoms with van der Waals surface area (Å²) in [6.45, 7) is -0.840. The highest BCUT2D eigenvalue weighted by Gasteiger charge is 2.22. The second kappa shape index (κ2) is 5.81. The molecule has 1 aliphatic heterocycles. The number of Topliss-reactive ketones (excluding diaryl/α,β-unsaturated/α-hetero) is 1. The van der Waals surface area contributed by atoms with Crippen LogP contribution in [0.1, 0.15) is 20.7 Å². The van der Waals surface area contributed by atoms with Crippen LogP contribution >= 0.6 is 0 Å². The molecule has 0 N–H and O–H groups in total. The van der Waals surface area contributed by atoms with Crippen molar-refractivity contribution in [2.75, 3.05) is 13.2 Å². The summed E-state index contributed by atoms with van der Waals surface area (Å²) in [5.41, 5.74) is 1.73. The van der Waals surface area contributed by atoms with E-state index in [0.29, 0.717) is 22.3 Å². The zero-order valence-corrected chi connectivity index (χ0v) is 11.6. The van der Waals surface area contributed by atoms with E-state index in [1.165, 1.54) is 0 Å². The Morgan fingerprint density at radius 3 is 1.36 bits per heavy atom. The molecule has 110 valence electrons. The molecular formula is C17H12O5. The number of hydrogen-bond acceptors (Lipinski definition) is 5. The normalized spacial score (nSPS) is 15.0. The summed E-state index contributed by atoms with van der Waals surface area (Å²) < 4.78 is 9.97. The second-order valence-corrected chi connectivity index (χ2v) is 4.78. The van der Waals surface area contributed by atoms with E-state index >= 15 is 0 Å². The summed E-state index contributed by atoms with van der Waals surface area (Å²) in [7, 11) is 0. The zero-order chi connectivity index (χ0) is 15.5. The third-order valence-electron chi connectivity index (χ3n) is 3.31. The molecule has 0 saturated carbocycles. The summed E-state index contributed by atoms with van der Waals surface area (Å²) >= 11 is 0. The maximum atomic E-state index is 12.2. The van der Waals surface area contributed by atoms with Crippen LogP contribution in [0.25, 0.3) is 11.1 Å². The summed E-state index contributed by atoms with van der Waals surface area (Å²) in [4.78, 5) is 35.9. The Morgan fingerprint density at radius 2 is 0.955 bits per heavy atom. The SMILES string of the molecule is O=C1COC(=O)c2ccccc2-c2ccccc2C(=O)OC1. The Kier molecular flexibility index (Phi) is 3.70. The van der Waals surface area contributed by atoms with Crippen LogP contribution in [0.5, 0.6) is 0 Å². The molecule has 0 saturated heterocycles. The Labute approximate surface area is 126 Å². The molecule has 0 aliphatic carbocycles. The van der Waals surface area contributed by atoms with Crippen molar-refractivity contribution in [2.45, 2.75) is 0 Å². The molecule has 3 rings (SSSR count). The average Bonchev–Trinajstić information content (AvgIpc) is 2.58. The number of carbonyl (C=O) groups excluding carboxylic acids is 3. The molecule has 0 amide bonds. The van der Waals surface area contributed by atoms with Crippen molar-refractivity contribution in [3.8, 4) is 11.1 Å². The van der Waals surface area contributed by atoms with Crippen molar-refractivity contribution >= 4 is 17.7 Å². The fourth-order valence-corrected chi connectivity index (χ4v) is 2.28. The van der Waals surface area contributed by atoms with Crippen molar-refractivity contribution in [3.63, 3.8) is 0 Å². The van der Waals surface area contributed by atoms with Crippen LogP contribution in [0.2, 0.25) is 0 Å². The van der Waals surface area contributed by atoms with E-state index in [9.17, 15) is 14.4 Å². The fraction of sp³-hybridized carbons (Fsp3) is 0.118. The minimum absolute atomic E-state index is 0.303. The van der Waals surface area contributed by atoms with Crippen LogP contribution in [0.3, 0.4) is 0 Å². The molecular weight excluding hydrogens is 284 g/mol. The number of hydrogen-bond donors (Lipinski definition) is 0. The first-order valence-electron chi connectivity index (χ1n) is 6.71. The van der Waals surface area contributed by atoms with Crippen LogP contribution in [0, 0.1) is 0 Å². The number of ketones is 1. The van der Waals surface area contributed by atoms with Crippen LogP contribution in [0.15, 0.2) is 48.5 Å². The molecule has 5 nitrogen and oxygen atoms in total. The van der Waals surface area contributed by atoms with Gasteiger partial charge in [-0.25, -0.2) is 9.59 Å². The summed E-state index contributed by atoms with van der Waals surface area (Å²) in [6, 6.07) is 13.6. The predicted octanol–water partition coefficient (Wildman–Crippen LogP) is 2.25. The monoisotopic (exact) mass is 296 g/mol. The molecule has 0 spiro atoms. The maximum Gasteiger partial charge on any atom is 0.339 e. The summed E-state index contributed by atoms with van der Waals surface area (Å²) in [6.07, 6.45) is 0. The second-order valence-electron chi connectivity index (χ2n) is 4.78. The van der Waals surface area contributed by atoms with Crippen molar-refractivity contribution in [2.24, 2.45) is 0 Å². The molecule has 0 radical (unpaired) electrons. The molecule has 0 bridgehead atoms. The Balaban J connectivity index is 2.21. The molecule has 1 aliphatic rings. The lowest BCUT2D eigenvalue weighted by Crippen LogP contribution is -2.20.